The second kappa shape index (κ2) is 7.19. The summed E-state index contributed by atoms with van der Waals surface area (Å²) in [6.07, 6.45) is 6.68. The van der Waals surface area contributed by atoms with Gasteiger partial charge in [0, 0.05) is 45.3 Å². The van der Waals surface area contributed by atoms with Crippen LogP contribution >= 0.6 is 0 Å². The Balaban J connectivity index is 1.31. The number of anilines is 2. The number of hydrogen-bond acceptors (Lipinski definition) is 3. The van der Waals surface area contributed by atoms with Crippen LogP contribution in [0.2, 0.25) is 0 Å². The molecule has 0 bridgehead atoms. The van der Waals surface area contributed by atoms with Gasteiger partial charge in [-0.25, -0.2) is 0 Å². The summed E-state index contributed by atoms with van der Waals surface area (Å²) in [6, 6.07) is 36.3. The third-order valence-electron chi connectivity index (χ3n) is 8.71. The van der Waals surface area contributed by atoms with Gasteiger partial charge in [0.05, 0.1) is 5.69 Å². The van der Waals surface area contributed by atoms with Crippen molar-refractivity contribution in [1.29, 1.82) is 0 Å². The van der Waals surface area contributed by atoms with E-state index < -0.39 is 0 Å². The lowest BCUT2D eigenvalue weighted by atomic mass is 9.91. The Morgan fingerprint density at radius 3 is 2.10 bits per heavy atom. The predicted octanol–water partition coefficient (Wildman–Crippen LogP) is 9.25. The van der Waals surface area contributed by atoms with E-state index in [1.807, 2.05) is 18.2 Å². The Kier molecular flexibility index (Phi) is 3.70. The van der Waals surface area contributed by atoms with Crippen molar-refractivity contribution in [3.63, 3.8) is 0 Å². The van der Waals surface area contributed by atoms with Gasteiger partial charge in [0.2, 0.25) is 17.0 Å². The van der Waals surface area contributed by atoms with Crippen molar-refractivity contribution in [2.45, 2.75) is 6.04 Å². The van der Waals surface area contributed by atoms with Gasteiger partial charge in [-0.2, -0.15) is 4.58 Å². The first-order valence-electron chi connectivity index (χ1n) is 13.7. The fraction of sp³-hybridized carbons (Fsp3) is 0.0278. The van der Waals surface area contributed by atoms with Crippen LogP contribution in [0.5, 0.6) is 0 Å². The van der Waals surface area contributed by atoms with Crippen molar-refractivity contribution >= 4 is 77.9 Å². The molecule has 7 aromatic rings. The summed E-state index contributed by atoms with van der Waals surface area (Å²) in [4.78, 5) is 2.48. The average Bonchev–Trinajstić information content (AvgIpc) is 3.68. The Labute approximate surface area is 229 Å². The molecule has 40 heavy (non-hydrogen) atoms. The fourth-order valence-corrected chi connectivity index (χ4v) is 7.12. The molecule has 0 spiro atoms. The number of allylic oxidation sites excluding steroid dienone is 2. The molecule has 0 fully saturated rings. The van der Waals surface area contributed by atoms with Crippen LogP contribution in [0.25, 0.3) is 49.5 Å². The van der Waals surface area contributed by atoms with Crippen LogP contribution in [0.1, 0.15) is 5.56 Å². The van der Waals surface area contributed by atoms with Gasteiger partial charge in [-0.15, -0.1) is 0 Å². The molecule has 5 aromatic carbocycles. The molecule has 10 rings (SSSR count). The number of rotatable bonds is 1. The Hall–Kier alpha value is -5.35. The largest absolute Gasteiger partial charge is 0.455 e. The number of benzene rings is 5. The zero-order valence-corrected chi connectivity index (χ0v) is 21.3. The van der Waals surface area contributed by atoms with E-state index in [-0.39, 0.29) is 6.04 Å². The van der Waals surface area contributed by atoms with Crippen LogP contribution in [0.4, 0.5) is 22.7 Å². The van der Waals surface area contributed by atoms with E-state index >= 15 is 0 Å². The van der Waals surface area contributed by atoms with E-state index in [0.29, 0.717) is 0 Å². The molecule has 0 amide bonds. The Morgan fingerprint density at radius 2 is 1.25 bits per heavy atom. The van der Waals surface area contributed by atoms with Crippen LogP contribution in [0.3, 0.4) is 0 Å². The van der Waals surface area contributed by atoms with Crippen molar-refractivity contribution in [1.82, 2.24) is 4.58 Å². The summed E-state index contributed by atoms with van der Waals surface area (Å²) in [6.45, 7) is 0. The number of hydrogen-bond donors (Lipinski definition) is 0. The number of nitrogens with zero attached hydrogens (tertiary/aromatic N) is 2. The zero-order valence-electron chi connectivity index (χ0n) is 21.3. The van der Waals surface area contributed by atoms with Crippen LogP contribution < -0.4 is 9.48 Å². The van der Waals surface area contributed by atoms with Gasteiger partial charge in [-0.1, -0.05) is 66.7 Å². The minimum atomic E-state index is 0.0216. The van der Waals surface area contributed by atoms with E-state index in [4.69, 9.17) is 8.83 Å². The molecule has 4 nitrogen and oxygen atoms in total. The summed E-state index contributed by atoms with van der Waals surface area (Å²) in [5.41, 5.74) is 11.8. The fourth-order valence-electron chi connectivity index (χ4n) is 7.12. The molecule has 0 radical (unpaired) electrons. The summed E-state index contributed by atoms with van der Waals surface area (Å²) in [5, 5.41) is 4.57. The smallest absolute Gasteiger partial charge is 0.255 e. The maximum Gasteiger partial charge on any atom is 0.255 e. The van der Waals surface area contributed by atoms with Crippen molar-refractivity contribution in [3.05, 3.63) is 127 Å². The molecule has 186 valence electrons. The second-order valence-corrected chi connectivity index (χ2v) is 10.7. The highest BCUT2D eigenvalue weighted by atomic mass is 16.3. The molecule has 0 saturated heterocycles. The molecule has 1 atom stereocenters. The van der Waals surface area contributed by atoms with Gasteiger partial charge >= 0.3 is 0 Å². The van der Waals surface area contributed by atoms with Crippen LogP contribution in [0, 0.1) is 0 Å². The van der Waals surface area contributed by atoms with Gasteiger partial charge in [0.25, 0.3) is 5.69 Å². The highest BCUT2D eigenvalue weighted by Crippen LogP contribution is 2.55. The van der Waals surface area contributed by atoms with Gasteiger partial charge in [0.15, 0.2) is 0 Å². The van der Waals surface area contributed by atoms with Crippen molar-refractivity contribution in [2.24, 2.45) is 0 Å². The van der Waals surface area contributed by atoms with E-state index in [1.165, 1.54) is 28.2 Å². The van der Waals surface area contributed by atoms with Gasteiger partial charge in [0.1, 0.15) is 28.5 Å². The maximum absolute atomic E-state index is 6.55. The lowest BCUT2D eigenvalue weighted by Crippen LogP contribution is -2.43. The quantitative estimate of drug-likeness (QED) is 0.205. The second-order valence-electron chi connectivity index (χ2n) is 10.7. The molecule has 2 aromatic heterocycles. The van der Waals surface area contributed by atoms with Gasteiger partial charge in [-0.05, 0) is 42.0 Å². The molecule has 4 heteroatoms. The predicted molar refractivity (Wildman–Crippen MR) is 163 cm³/mol. The standard InChI is InChI=1S/C36H21N2O2/c1-5-17-31-21(9-1)23-11-7-16-30(35(23)39-31)37-26-13-3-4-14-27(26)38-28-20-19-24-22-10-2-6-18-32(22)40-36(24)33(28)25-12-8-15-29(37)34(25)38/h1-20,34H/q+1. The first-order valence-corrected chi connectivity index (χ1v) is 13.7. The number of para-hydroxylation sites is 5. The van der Waals surface area contributed by atoms with Gasteiger partial charge < -0.3 is 13.7 Å². The van der Waals surface area contributed by atoms with E-state index in [9.17, 15) is 0 Å². The molecule has 1 aliphatic carbocycles. The molecular formula is C36H21N2O2+. The maximum atomic E-state index is 6.55. The highest BCUT2D eigenvalue weighted by Gasteiger charge is 2.49. The zero-order chi connectivity index (χ0) is 25.9. The van der Waals surface area contributed by atoms with E-state index in [0.717, 1.165) is 55.3 Å². The highest BCUT2D eigenvalue weighted by molar-refractivity contribution is 6.25. The topological polar surface area (TPSA) is 32.5 Å². The van der Waals surface area contributed by atoms with E-state index in [1.54, 1.807) is 0 Å². The van der Waals surface area contributed by atoms with Crippen molar-refractivity contribution in [3.8, 4) is 0 Å². The molecule has 3 aliphatic rings. The minimum absolute atomic E-state index is 0.0216. The first kappa shape index (κ1) is 20.6. The third-order valence-corrected chi connectivity index (χ3v) is 8.71. The number of furan rings is 2. The monoisotopic (exact) mass is 513 g/mol. The molecule has 2 aliphatic heterocycles. The number of fused-ring (bicyclic) bond motifs is 12. The summed E-state index contributed by atoms with van der Waals surface area (Å²) in [7, 11) is 0. The molecular weight excluding hydrogens is 492 g/mol. The summed E-state index contributed by atoms with van der Waals surface area (Å²) in [5.74, 6) is 0. The van der Waals surface area contributed by atoms with Crippen LogP contribution in [-0.4, -0.2) is 11.8 Å². The third kappa shape index (κ3) is 2.40. The molecule has 0 N–H and O–H groups in total. The van der Waals surface area contributed by atoms with E-state index in [2.05, 4.69) is 113 Å². The Morgan fingerprint density at radius 1 is 0.575 bits per heavy atom. The van der Waals surface area contributed by atoms with Gasteiger partial charge in [-0.3, -0.25) is 0 Å². The van der Waals surface area contributed by atoms with Crippen LogP contribution in [-0.2, 0) is 0 Å². The molecule has 0 saturated carbocycles. The molecule has 4 heterocycles. The minimum Gasteiger partial charge on any atom is -0.455 e. The average molecular weight is 514 g/mol. The van der Waals surface area contributed by atoms with Crippen molar-refractivity contribution < 1.29 is 8.83 Å². The summed E-state index contributed by atoms with van der Waals surface area (Å²) >= 11 is 0. The summed E-state index contributed by atoms with van der Waals surface area (Å²) < 4.78 is 15.5. The first-order chi connectivity index (χ1) is 19.9. The molecule has 1 unspecified atom stereocenters. The lowest BCUT2D eigenvalue weighted by molar-refractivity contribution is 0.666. The van der Waals surface area contributed by atoms with Crippen molar-refractivity contribution in [2.75, 3.05) is 4.90 Å². The van der Waals surface area contributed by atoms with Crippen LogP contribution in [0.15, 0.2) is 130 Å². The Bertz CT molecular complexity index is 2350. The normalized spacial score (nSPS) is 17.1. The SMILES string of the molecule is C1=CC2=[N+](c3cccc4c3oc3ccccc34)c3ccccc3N3c4ccc5c(oc6ccccc65)c4C(=C1)C23. The lowest BCUT2D eigenvalue weighted by Gasteiger charge is -2.32.